The lowest BCUT2D eigenvalue weighted by Gasteiger charge is -2.21. The van der Waals surface area contributed by atoms with Gasteiger partial charge in [0.05, 0.1) is 5.69 Å². The van der Waals surface area contributed by atoms with Crippen LogP contribution in [0.3, 0.4) is 0 Å². The fraction of sp³-hybridized carbons (Fsp3) is 0.769. The summed E-state index contributed by atoms with van der Waals surface area (Å²) >= 11 is 6.29. The highest BCUT2D eigenvalue weighted by Gasteiger charge is 2.29. The molecule has 1 saturated carbocycles. The molecule has 0 aromatic carbocycles. The van der Waals surface area contributed by atoms with Gasteiger partial charge in [0.1, 0.15) is 5.15 Å². The first kappa shape index (κ1) is 12.9. The third kappa shape index (κ3) is 3.02. The van der Waals surface area contributed by atoms with Gasteiger partial charge in [-0.15, -0.1) is 0 Å². The first-order chi connectivity index (χ1) is 8.13. The SMILES string of the molecule is CCCCN(Cc1c(C)nn(C)c1Cl)C1CC1. The van der Waals surface area contributed by atoms with Crippen LogP contribution in [-0.4, -0.2) is 27.3 Å². The molecule has 0 atom stereocenters. The zero-order valence-corrected chi connectivity index (χ0v) is 11.8. The summed E-state index contributed by atoms with van der Waals surface area (Å²) in [6, 6.07) is 0.789. The van der Waals surface area contributed by atoms with Crippen molar-refractivity contribution >= 4 is 11.6 Å². The predicted molar refractivity (Wildman–Crippen MR) is 71.3 cm³/mol. The minimum absolute atomic E-state index is 0.789. The quantitative estimate of drug-likeness (QED) is 0.779. The van der Waals surface area contributed by atoms with Crippen LogP contribution in [0.1, 0.15) is 43.9 Å². The van der Waals surface area contributed by atoms with Crippen molar-refractivity contribution in [3.63, 3.8) is 0 Å². The molecular weight excluding hydrogens is 234 g/mol. The van der Waals surface area contributed by atoms with E-state index in [1.807, 2.05) is 14.0 Å². The predicted octanol–water partition coefficient (Wildman–Crippen LogP) is 3.15. The molecule has 1 heterocycles. The van der Waals surface area contributed by atoms with Crippen LogP contribution in [0.2, 0.25) is 5.15 Å². The molecule has 0 spiro atoms. The van der Waals surface area contributed by atoms with Gasteiger partial charge in [0.15, 0.2) is 0 Å². The van der Waals surface area contributed by atoms with Gasteiger partial charge in [-0.05, 0) is 32.7 Å². The van der Waals surface area contributed by atoms with Gasteiger partial charge < -0.3 is 0 Å². The molecule has 2 rings (SSSR count). The molecule has 0 aliphatic heterocycles. The Morgan fingerprint density at radius 2 is 2.18 bits per heavy atom. The Labute approximate surface area is 109 Å². The smallest absolute Gasteiger partial charge is 0.131 e. The molecule has 0 radical (unpaired) electrons. The standard InChI is InChI=1S/C13H22ClN3/c1-4-5-8-17(11-6-7-11)9-12-10(2)15-16(3)13(12)14/h11H,4-9H2,1-3H3. The second kappa shape index (κ2) is 5.40. The molecular formula is C13H22ClN3. The van der Waals surface area contributed by atoms with E-state index in [0.29, 0.717) is 0 Å². The normalized spacial score (nSPS) is 15.8. The van der Waals surface area contributed by atoms with E-state index >= 15 is 0 Å². The molecule has 0 unspecified atom stereocenters. The summed E-state index contributed by atoms with van der Waals surface area (Å²) in [5.74, 6) is 0. The van der Waals surface area contributed by atoms with Crippen LogP contribution in [0.5, 0.6) is 0 Å². The average molecular weight is 256 g/mol. The second-order valence-corrected chi connectivity index (χ2v) is 5.39. The van der Waals surface area contributed by atoms with Gasteiger partial charge in [-0.2, -0.15) is 5.10 Å². The van der Waals surface area contributed by atoms with Gasteiger partial charge in [0.25, 0.3) is 0 Å². The molecule has 96 valence electrons. The van der Waals surface area contributed by atoms with Crippen LogP contribution in [0, 0.1) is 6.92 Å². The third-order valence-electron chi connectivity index (χ3n) is 3.49. The zero-order valence-electron chi connectivity index (χ0n) is 11.0. The van der Waals surface area contributed by atoms with E-state index in [9.17, 15) is 0 Å². The number of hydrogen-bond acceptors (Lipinski definition) is 2. The van der Waals surface area contributed by atoms with Crippen molar-refractivity contribution < 1.29 is 0 Å². The maximum absolute atomic E-state index is 6.29. The lowest BCUT2D eigenvalue weighted by Crippen LogP contribution is -2.27. The molecule has 1 aliphatic carbocycles. The topological polar surface area (TPSA) is 21.1 Å². The summed E-state index contributed by atoms with van der Waals surface area (Å²) in [5.41, 5.74) is 2.27. The van der Waals surface area contributed by atoms with Crippen molar-refractivity contribution in [1.82, 2.24) is 14.7 Å². The minimum Gasteiger partial charge on any atom is -0.296 e. The van der Waals surface area contributed by atoms with Crippen molar-refractivity contribution in [2.75, 3.05) is 6.54 Å². The number of nitrogens with zero attached hydrogens (tertiary/aromatic N) is 3. The van der Waals surface area contributed by atoms with Crippen LogP contribution in [-0.2, 0) is 13.6 Å². The molecule has 4 heteroatoms. The molecule has 0 N–H and O–H groups in total. The van der Waals surface area contributed by atoms with Crippen molar-refractivity contribution in [3.05, 3.63) is 16.4 Å². The Bertz CT molecular complexity index is 382. The summed E-state index contributed by atoms with van der Waals surface area (Å²) in [6.45, 7) is 6.44. The van der Waals surface area contributed by atoms with Gasteiger partial charge in [-0.3, -0.25) is 9.58 Å². The Kier molecular flexibility index (Phi) is 4.10. The fourth-order valence-electron chi connectivity index (χ4n) is 2.25. The molecule has 1 aromatic heterocycles. The fourth-order valence-corrected chi connectivity index (χ4v) is 2.48. The molecule has 1 aromatic rings. The third-order valence-corrected chi connectivity index (χ3v) is 3.97. The monoisotopic (exact) mass is 255 g/mol. The number of aryl methyl sites for hydroxylation is 2. The lowest BCUT2D eigenvalue weighted by molar-refractivity contribution is 0.250. The largest absolute Gasteiger partial charge is 0.296 e. The van der Waals surface area contributed by atoms with Crippen molar-refractivity contribution in [2.45, 2.75) is 52.1 Å². The van der Waals surface area contributed by atoms with Gasteiger partial charge >= 0.3 is 0 Å². The molecule has 3 nitrogen and oxygen atoms in total. The number of unbranched alkanes of at least 4 members (excludes halogenated alkanes) is 1. The van der Waals surface area contributed by atoms with Crippen LogP contribution >= 0.6 is 11.6 Å². The first-order valence-electron chi connectivity index (χ1n) is 6.55. The molecule has 0 bridgehead atoms. The van der Waals surface area contributed by atoms with Crippen molar-refractivity contribution in [2.24, 2.45) is 7.05 Å². The Morgan fingerprint density at radius 1 is 1.47 bits per heavy atom. The Morgan fingerprint density at radius 3 is 2.65 bits per heavy atom. The van der Waals surface area contributed by atoms with Gasteiger partial charge in [0.2, 0.25) is 0 Å². The van der Waals surface area contributed by atoms with E-state index < -0.39 is 0 Å². The van der Waals surface area contributed by atoms with E-state index in [1.165, 1.54) is 37.8 Å². The molecule has 1 fully saturated rings. The van der Waals surface area contributed by atoms with E-state index in [2.05, 4.69) is 16.9 Å². The number of rotatable bonds is 6. The number of halogens is 1. The maximum Gasteiger partial charge on any atom is 0.131 e. The highest BCUT2D eigenvalue weighted by atomic mass is 35.5. The van der Waals surface area contributed by atoms with E-state index in [4.69, 9.17) is 11.6 Å². The summed E-state index contributed by atoms with van der Waals surface area (Å²) in [6.07, 6.45) is 5.22. The van der Waals surface area contributed by atoms with E-state index in [0.717, 1.165) is 23.4 Å². The van der Waals surface area contributed by atoms with Gasteiger partial charge in [-0.25, -0.2) is 0 Å². The van der Waals surface area contributed by atoms with Crippen LogP contribution < -0.4 is 0 Å². The average Bonchev–Trinajstić information content (AvgIpc) is 3.09. The lowest BCUT2D eigenvalue weighted by atomic mass is 10.2. The Hall–Kier alpha value is -0.540. The Balaban J connectivity index is 2.05. The number of hydrogen-bond donors (Lipinski definition) is 0. The molecule has 17 heavy (non-hydrogen) atoms. The summed E-state index contributed by atoms with van der Waals surface area (Å²) in [7, 11) is 1.91. The van der Waals surface area contributed by atoms with Crippen molar-refractivity contribution in [1.29, 1.82) is 0 Å². The first-order valence-corrected chi connectivity index (χ1v) is 6.93. The molecule has 1 aliphatic rings. The van der Waals surface area contributed by atoms with Crippen LogP contribution in [0.25, 0.3) is 0 Å². The van der Waals surface area contributed by atoms with Crippen molar-refractivity contribution in [3.8, 4) is 0 Å². The summed E-state index contributed by atoms with van der Waals surface area (Å²) in [5, 5.41) is 5.18. The maximum atomic E-state index is 6.29. The summed E-state index contributed by atoms with van der Waals surface area (Å²) < 4.78 is 1.77. The van der Waals surface area contributed by atoms with Gasteiger partial charge in [-0.1, -0.05) is 24.9 Å². The molecule has 0 saturated heterocycles. The highest BCUT2D eigenvalue weighted by Crippen LogP contribution is 2.30. The van der Waals surface area contributed by atoms with Crippen LogP contribution in [0.15, 0.2) is 0 Å². The zero-order chi connectivity index (χ0) is 12.4. The second-order valence-electron chi connectivity index (χ2n) is 5.03. The summed E-state index contributed by atoms with van der Waals surface area (Å²) in [4.78, 5) is 2.57. The van der Waals surface area contributed by atoms with Crippen LogP contribution in [0.4, 0.5) is 0 Å². The van der Waals surface area contributed by atoms with E-state index in [1.54, 1.807) is 4.68 Å². The highest BCUT2D eigenvalue weighted by molar-refractivity contribution is 6.30. The minimum atomic E-state index is 0.789. The van der Waals surface area contributed by atoms with Gasteiger partial charge in [0, 0.05) is 25.2 Å². The number of aromatic nitrogens is 2. The molecule has 0 amide bonds. The van der Waals surface area contributed by atoms with E-state index in [-0.39, 0.29) is 0 Å².